The van der Waals surface area contributed by atoms with E-state index in [1.807, 2.05) is 52.1 Å². The topological polar surface area (TPSA) is 99.4 Å². The number of hydrogen-bond acceptors (Lipinski definition) is 7. The van der Waals surface area contributed by atoms with Gasteiger partial charge < -0.3 is 20.5 Å². The van der Waals surface area contributed by atoms with Crippen molar-refractivity contribution in [2.24, 2.45) is 5.73 Å². The number of nitrogens with zero attached hydrogens (tertiary/aromatic N) is 2. The molecule has 2 aromatic rings. The van der Waals surface area contributed by atoms with Crippen molar-refractivity contribution in [1.29, 1.82) is 0 Å². The third-order valence-electron chi connectivity index (χ3n) is 3.63. The average molecular weight is 372 g/mol. The number of anilines is 1. The number of esters is 1. The minimum absolute atomic E-state index is 0.364. The molecule has 0 bridgehead atoms. The van der Waals surface area contributed by atoms with Crippen LogP contribution >= 0.6 is 0 Å². The first-order valence-electron chi connectivity index (χ1n) is 8.96. The molecule has 7 nitrogen and oxygen atoms in total. The fourth-order valence-electron chi connectivity index (χ4n) is 2.35. The highest BCUT2D eigenvalue weighted by molar-refractivity contribution is 5.76. The number of ether oxygens (including phenoxy) is 2. The fourth-order valence-corrected chi connectivity index (χ4v) is 2.35. The molecule has 0 spiro atoms. The van der Waals surface area contributed by atoms with Crippen LogP contribution in [-0.4, -0.2) is 41.2 Å². The monoisotopic (exact) mass is 372 g/mol. The Labute approximate surface area is 160 Å². The Morgan fingerprint density at radius 3 is 2.67 bits per heavy atom. The molecule has 0 aliphatic rings. The van der Waals surface area contributed by atoms with Crippen molar-refractivity contribution in [3.05, 3.63) is 47.8 Å². The summed E-state index contributed by atoms with van der Waals surface area (Å²) in [5, 5.41) is 3.01. The van der Waals surface area contributed by atoms with Gasteiger partial charge in [-0.3, -0.25) is 4.79 Å². The summed E-state index contributed by atoms with van der Waals surface area (Å²) in [6, 6.07) is 8.73. The van der Waals surface area contributed by atoms with Gasteiger partial charge in [0, 0.05) is 31.4 Å². The number of nitrogens with one attached hydrogen (secondary N) is 1. The van der Waals surface area contributed by atoms with Gasteiger partial charge in [0.25, 0.3) is 0 Å². The second kappa shape index (κ2) is 9.32. The van der Waals surface area contributed by atoms with E-state index in [0.717, 1.165) is 17.1 Å². The van der Waals surface area contributed by atoms with Crippen LogP contribution in [0, 0.1) is 0 Å². The molecule has 146 valence electrons. The van der Waals surface area contributed by atoms with Gasteiger partial charge in [0.1, 0.15) is 17.5 Å². The number of hydrogen-bond donors (Lipinski definition) is 2. The molecule has 2 heterocycles. The van der Waals surface area contributed by atoms with Crippen molar-refractivity contribution in [3.8, 4) is 5.88 Å². The molecule has 0 fully saturated rings. The van der Waals surface area contributed by atoms with Crippen molar-refractivity contribution in [3.63, 3.8) is 0 Å². The minimum Gasteiger partial charge on any atom is -0.477 e. The van der Waals surface area contributed by atoms with E-state index in [-0.39, 0.29) is 0 Å². The summed E-state index contributed by atoms with van der Waals surface area (Å²) in [5.41, 5.74) is 7.16. The van der Waals surface area contributed by atoms with E-state index in [1.54, 1.807) is 12.3 Å². The molecule has 0 aliphatic heterocycles. The van der Waals surface area contributed by atoms with Crippen molar-refractivity contribution in [2.75, 3.05) is 19.0 Å². The maximum Gasteiger partial charge on any atom is 0.323 e. The first-order valence-corrected chi connectivity index (χ1v) is 8.96. The minimum atomic E-state index is -0.719. The normalized spacial score (nSPS) is 12.3. The predicted molar refractivity (Wildman–Crippen MR) is 105 cm³/mol. The smallest absolute Gasteiger partial charge is 0.323 e. The lowest BCUT2D eigenvalue weighted by Crippen LogP contribution is -2.38. The van der Waals surface area contributed by atoms with Gasteiger partial charge in [0.2, 0.25) is 5.88 Å². The summed E-state index contributed by atoms with van der Waals surface area (Å²) in [5.74, 6) is 0.935. The number of rotatable bonds is 8. The van der Waals surface area contributed by atoms with Gasteiger partial charge in [-0.2, -0.15) is 0 Å². The van der Waals surface area contributed by atoms with Crippen molar-refractivity contribution in [2.45, 2.75) is 45.3 Å². The quantitative estimate of drug-likeness (QED) is 0.686. The van der Waals surface area contributed by atoms with Gasteiger partial charge in [-0.05, 0) is 44.9 Å². The van der Waals surface area contributed by atoms with Crippen LogP contribution in [0.2, 0.25) is 0 Å². The van der Waals surface area contributed by atoms with Crippen LogP contribution < -0.4 is 15.8 Å². The van der Waals surface area contributed by atoms with E-state index >= 15 is 0 Å². The summed E-state index contributed by atoms with van der Waals surface area (Å²) >= 11 is 0. The number of carbonyl (C=O) groups excluding carboxylic acids is 1. The third kappa shape index (κ3) is 7.22. The predicted octanol–water partition coefficient (Wildman–Crippen LogP) is 2.35. The first-order chi connectivity index (χ1) is 12.8. The molecule has 0 aliphatic carbocycles. The molecule has 2 aromatic heterocycles. The van der Waals surface area contributed by atoms with Crippen LogP contribution in [0.5, 0.6) is 5.88 Å². The molecule has 0 saturated carbocycles. The Kier molecular flexibility index (Phi) is 7.12. The molecule has 0 saturated heterocycles. The van der Waals surface area contributed by atoms with Crippen LogP contribution in [0.4, 0.5) is 5.82 Å². The van der Waals surface area contributed by atoms with Gasteiger partial charge >= 0.3 is 5.97 Å². The summed E-state index contributed by atoms with van der Waals surface area (Å²) in [6.45, 7) is 5.92. The number of pyridine rings is 2. The molecular formula is C20H28N4O3. The zero-order valence-corrected chi connectivity index (χ0v) is 16.4. The van der Waals surface area contributed by atoms with Crippen molar-refractivity contribution >= 4 is 11.8 Å². The molecule has 2 rings (SSSR count). The Hall–Kier alpha value is -2.67. The van der Waals surface area contributed by atoms with Gasteiger partial charge in [-0.1, -0.05) is 12.1 Å². The second-order valence-corrected chi connectivity index (χ2v) is 7.21. The average Bonchev–Trinajstić information content (AvgIpc) is 2.62. The van der Waals surface area contributed by atoms with Gasteiger partial charge in [-0.15, -0.1) is 0 Å². The molecule has 1 atom stereocenters. The number of carbonyl (C=O) groups is 1. The Morgan fingerprint density at radius 2 is 2.04 bits per heavy atom. The summed E-state index contributed by atoms with van der Waals surface area (Å²) < 4.78 is 10.9. The molecule has 27 heavy (non-hydrogen) atoms. The lowest BCUT2D eigenvalue weighted by Gasteiger charge is -2.22. The molecule has 0 amide bonds. The van der Waals surface area contributed by atoms with Crippen molar-refractivity contribution in [1.82, 2.24) is 9.97 Å². The van der Waals surface area contributed by atoms with E-state index in [1.165, 1.54) is 0 Å². The van der Waals surface area contributed by atoms with Gasteiger partial charge in [0.15, 0.2) is 0 Å². The lowest BCUT2D eigenvalue weighted by atomic mass is 10.1. The zero-order valence-electron chi connectivity index (χ0n) is 16.4. The molecule has 1 unspecified atom stereocenters. The fraction of sp³-hybridized carbons (Fsp3) is 0.450. The van der Waals surface area contributed by atoms with Gasteiger partial charge in [-0.25, -0.2) is 9.97 Å². The summed E-state index contributed by atoms with van der Waals surface area (Å²) in [6.07, 6.45) is 2.71. The highest BCUT2D eigenvalue weighted by Gasteiger charge is 2.22. The molecule has 7 heteroatoms. The van der Waals surface area contributed by atoms with E-state index in [4.69, 9.17) is 15.2 Å². The SMILES string of the molecule is CNc1cccc(CCOc2ccc(CC(N)C(=O)OC(C)(C)C)cn2)n1. The summed E-state index contributed by atoms with van der Waals surface area (Å²) in [7, 11) is 1.84. The highest BCUT2D eigenvalue weighted by Crippen LogP contribution is 2.13. The van der Waals surface area contributed by atoms with E-state index in [9.17, 15) is 4.79 Å². The van der Waals surface area contributed by atoms with Crippen LogP contribution in [-0.2, 0) is 22.4 Å². The Morgan fingerprint density at radius 1 is 1.26 bits per heavy atom. The molecule has 0 radical (unpaired) electrons. The van der Waals surface area contributed by atoms with E-state index in [0.29, 0.717) is 25.3 Å². The lowest BCUT2D eigenvalue weighted by molar-refractivity contribution is -0.156. The third-order valence-corrected chi connectivity index (χ3v) is 3.63. The van der Waals surface area contributed by atoms with Crippen molar-refractivity contribution < 1.29 is 14.3 Å². The number of aromatic nitrogens is 2. The molecule has 0 aromatic carbocycles. The highest BCUT2D eigenvalue weighted by atomic mass is 16.6. The Bertz CT molecular complexity index is 742. The zero-order chi connectivity index (χ0) is 19.9. The number of nitrogens with two attached hydrogens (primary N) is 1. The standard InChI is InChI=1S/C20H28N4O3/c1-20(2,3)27-19(25)16(21)12-14-8-9-18(23-13-14)26-11-10-15-6-5-7-17(22-4)24-15/h5-9,13,16H,10-12,21H2,1-4H3,(H,22,24). The molecule has 3 N–H and O–H groups in total. The second-order valence-electron chi connectivity index (χ2n) is 7.21. The van der Waals surface area contributed by atoms with Crippen LogP contribution in [0.1, 0.15) is 32.0 Å². The van der Waals surface area contributed by atoms with Crippen LogP contribution in [0.15, 0.2) is 36.5 Å². The Balaban J connectivity index is 1.81. The van der Waals surface area contributed by atoms with E-state index in [2.05, 4.69) is 15.3 Å². The summed E-state index contributed by atoms with van der Waals surface area (Å²) in [4.78, 5) is 20.7. The maximum absolute atomic E-state index is 11.9. The van der Waals surface area contributed by atoms with Crippen LogP contribution in [0.3, 0.4) is 0 Å². The first kappa shape index (κ1) is 20.6. The molecular weight excluding hydrogens is 344 g/mol. The van der Waals surface area contributed by atoms with Crippen LogP contribution in [0.25, 0.3) is 0 Å². The maximum atomic E-state index is 11.9. The largest absolute Gasteiger partial charge is 0.477 e. The van der Waals surface area contributed by atoms with Gasteiger partial charge in [0.05, 0.1) is 6.61 Å². The van der Waals surface area contributed by atoms with E-state index < -0.39 is 17.6 Å².